The minimum Gasteiger partial charge on any atom is -0.455 e. The van der Waals surface area contributed by atoms with Gasteiger partial charge >= 0.3 is 0 Å². The van der Waals surface area contributed by atoms with Crippen LogP contribution in [0.5, 0.6) is 0 Å². The maximum absolute atomic E-state index is 6.82. The van der Waals surface area contributed by atoms with Crippen LogP contribution in [-0.2, 0) is 11.8 Å². The van der Waals surface area contributed by atoms with Crippen LogP contribution in [0.15, 0.2) is 247 Å². The summed E-state index contributed by atoms with van der Waals surface area (Å²) in [7, 11) is 0. The molecule has 0 fully saturated rings. The summed E-state index contributed by atoms with van der Waals surface area (Å²) in [6.45, 7) is 4.81. The molecule has 72 heavy (non-hydrogen) atoms. The highest BCUT2D eigenvalue weighted by Crippen LogP contribution is 2.52. The second-order valence-electron chi connectivity index (χ2n) is 20.0. The Bertz CT molecular complexity index is 4340. The van der Waals surface area contributed by atoms with E-state index in [1.54, 1.807) is 0 Å². The van der Waals surface area contributed by atoms with Crippen LogP contribution in [0.2, 0.25) is 0 Å². The normalized spacial score (nSPS) is 13.1. The lowest BCUT2D eigenvalue weighted by molar-refractivity contribution is 0.659. The van der Waals surface area contributed by atoms with Gasteiger partial charge in [-0.2, -0.15) is 0 Å². The molecule has 0 unspecified atom stereocenters. The van der Waals surface area contributed by atoms with Gasteiger partial charge in [0, 0.05) is 38.6 Å². The van der Waals surface area contributed by atoms with Gasteiger partial charge in [-0.3, -0.25) is 0 Å². The molecule has 2 nitrogen and oxygen atoms in total. The minimum absolute atomic E-state index is 0.263. The van der Waals surface area contributed by atoms with Crippen molar-refractivity contribution in [3.8, 4) is 22.3 Å². The van der Waals surface area contributed by atoms with Crippen LogP contribution in [0, 0.1) is 0 Å². The number of allylic oxidation sites excluding steroid dienone is 1. The summed E-state index contributed by atoms with van der Waals surface area (Å²) in [4.78, 5) is 2.44. The average Bonchev–Trinajstić information content (AvgIpc) is 3.93. The predicted octanol–water partition coefficient (Wildman–Crippen LogP) is 19.4. The molecule has 0 radical (unpaired) electrons. The smallest absolute Gasteiger partial charge is 0.143 e. The molecule has 12 aromatic carbocycles. The lowest BCUT2D eigenvalue weighted by Gasteiger charge is -2.28. The third-order valence-electron chi connectivity index (χ3n) is 15.4. The highest BCUT2D eigenvalue weighted by Gasteiger charge is 2.36. The molecule has 340 valence electrons. The Balaban J connectivity index is 0.895. The molecule has 14 rings (SSSR count). The number of anilines is 3. The first kappa shape index (κ1) is 41.9. The molecule has 1 aliphatic rings. The van der Waals surface area contributed by atoms with Gasteiger partial charge in [0.1, 0.15) is 11.2 Å². The zero-order valence-corrected chi connectivity index (χ0v) is 40.2. The highest BCUT2D eigenvalue weighted by molar-refractivity contribution is 6.30. The lowest BCUT2D eigenvalue weighted by Crippen LogP contribution is -2.17. The number of hydrogen-bond donors (Lipinski definition) is 0. The number of rotatable bonds is 8. The highest BCUT2D eigenvalue weighted by atomic mass is 16.3. The molecule has 0 N–H and O–H groups in total. The summed E-state index contributed by atoms with van der Waals surface area (Å²) < 4.78 is 6.82. The Kier molecular flexibility index (Phi) is 9.66. The van der Waals surface area contributed by atoms with E-state index in [1.165, 1.54) is 93.3 Å². The molecule has 0 saturated carbocycles. The fourth-order valence-corrected chi connectivity index (χ4v) is 11.9. The van der Waals surface area contributed by atoms with Crippen LogP contribution < -0.4 is 4.90 Å². The third kappa shape index (κ3) is 6.86. The van der Waals surface area contributed by atoms with Crippen LogP contribution in [0.1, 0.15) is 41.7 Å². The van der Waals surface area contributed by atoms with Crippen LogP contribution >= 0.6 is 0 Å². The molecule has 0 saturated heterocycles. The summed E-state index contributed by atoms with van der Waals surface area (Å²) >= 11 is 0. The number of benzene rings is 12. The van der Waals surface area contributed by atoms with Crippen LogP contribution in [-0.4, -0.2) is 0 Å². The van der Waals surface area contributed by atoms with Crippen molar-refractivity contribution in [3.05, 3.63) is 270 Å². The molecule has 1 aromatic heterocycles. The van der Waals surface area contributed by atoms with Gasteiger partial charge in [0.05, 0.1) is 0 Å². The summed E-state index contributed by atoms with van der Waals surface area (Å²) in [6, 6.07) is 89.1. The largest absolute Gasteiger partial charge is 0.455 e. The van der Waals surface area contributed by atoms with Crippen LogP contribution in [0.4, 0.5) is 17.1 Å². The van der Waals surface area contributed by atoms with Crippen molar-refractivity contribution in [1.29, 1.82) is 0 Å². The van der Waals surface area contributed by atoms with Crippen molar-refractivity contribution in [1.82, 2.24) is 0 Å². The summed E-state index contributed by atoms with van der Waals surface area (Å²) in [5, 5.41) is 12.0. The SMILES string of the molecule is CC1(C)c2cc(C/C(=C/c3cccc4ccccc34)c3ccc4ccccc4c3)ccc2-c2ccc(N(c3cccc(-c4ccccc4)c3)c3ccc4oc5c6ccccc6c6ccccc6c5c4c3)cc21. The maximum Gasteiger partial charge on any atom is 0.143 e. The van der Waals surface area contributed by atoms with Gasteiger partial charge in [-0.25, -0.2) is 0 Å². The molecule has 0 aliphatic heterocycles. The molecule has 1 heterocycles. The fraction of sp³-hybridized carbons (Fsp3) is 0.0571. The van der Waals surface area contributed by atoms with E-state index in [0.717, 1.165) is 50.8 Å². The number of nitrogens with zero attached hydrogens (tertiary/aromatic N) is 1. The molecule has 0 atom stereocenters. The second-order valence-corrected chi connectivity index (χ2v) is 20.0. The van der Waals surface area contributed by atoms with Gasteiger partial charge in [0.25, 0.3) is 0 Å². The first-order valence-corrected chi connectivity index (χ1v) is 25.1. The standard InChI is InChI=1S/C70H49NO/c1-70(2)65-39-45(38-53(51-32-31-47-18-6-7-20-49(47)40-51)41-52-23-14-21-48-19-8-9-25-57(48)52)30-35-60(65)61-36-33-56(44-66(61)70)71(54-24-15-22-50(42-54)46-16-4-3-5-17-46)55-34-37-67-64(43-55)68-62-28-12-10-26-58(62)59-27-11-13-29-63(59)69(68)72-67/h3-37,39-44H,38H2,1-2H3/b53-41-. The quantitative estimate of drug-likeness (QED) is 0.112. The van der Waals surface area contributed by atoms with Crippen molar-refractivity contribution in [2.45, 2.75) is 25.7 Å². The first-order valence-electron chi connectivity index (χ1n) is 25.1. The van der Waals surface area contributed by atoms with E-state index in [0.29, 0.717) is 0 Å². The minimum atomic E-state index is -0.263. The van der Waals surface area contributed by atoms with Gasteiger partial charge in [0.2, 0.25) is 0 Å². The number of fused-ring (bicyclic) bond motifs is 13. The molecular weight excluding hydrogens is 871 g/mol. The van der Waals surface area contributed by atoms with Crippen LogP contribution in [0.25, 0.3) is 98.9 Å². The fourth-order valence-electron chi connectivity index (χ4n) is 11.9. The zero-order chi connectivity index (χ0) is 47.9. The molecule has 0 bridgehead atoms. The molecule has 1 aliphatic carbocycles. The van der Waals surface area contributed by atoms with Gasteiger partial charge in [-0.05, 0) is 148 Å². The Morgan fingerprint density at radius 2 is 1.04 bits per heavy atom. The van der Waals surface area contributed by atoms with E-state index in [-0.39, 0.29) is 5.41 Å². The van der Waals surface area contributed by atoms with Crippen molar-refractivity contribution < 1.29 is 4.42 Å². The maximum atomic E-state index is 6.82. The Morgan fingerprint density at radius 3 is 1.88 bits per heavy atom. The van der Waals surface area contributed by atoms with E-state index >= 15 is 0 Å². The Hall–Kier alpha value is -8.98. The van der Waals surface area contributed by atoms with Gasteiger partial charge in [-0.1, -0.05) is 214 Å². The van der Waals surface area contributed by atoms with Gasteiger partial charge in [0.15, 0.2) is 0 Å². The molecular formula is C70H49NO. The number of hydrogen-bond acceptors (Lipinski definition) is 2. The Labute approximate surface area is 419 Å². The topological polar surface area (TPSA) is 16.4 Å². The lowest BCUT2D eigenvalue weighted by atomic mass is 9.81. The van der Waals surface area contributed by atoms with Crippen LogP contribution in [0.3, 0.4) is 0 Å². The van der Waals surface area contributed by atoms with Crippen molar-refractivity contribution in [3.63, 3.8) is 0 Å². The molecule has 2 heteroatoms. The zero-order valence-electron chi connectivity index (χ0n) is 40.2. The van der Waals surface area contributed by atoms with Gasteiger partial charge in [-0.15, -0.1) is 0 Å². The molecule has 0 spiro atoms. The third-order valence-corrected chi connectivity index (χ3v) is 15.4. The average molecular weight is 920 g/mol. The summed E-state index contributed by atoms with van der Waals surface area (Å²) in [5.41, 5.74) is 17.5. The Morgan fingerprint density at radius 1 is 0.431 bits per heavy atom. The number of furan rings is 1. The first-order chi connectivity index (χ1) is 35.4. The van der Waals surface area contributed by atoms with Crippen molar-refractivity contribution >= 4 is 93.7 Å². The second kappa shape index (κ2) is 16.6. The van der Waals surface area contributed by atoms with E-state index in [1.807, 2.05) is 0 Å². The van der Waals surface area contributed by atoms with Crippen molar-refractivity contribution in [2.75, 3.05) is 4.90 Å². The van der Waals surface area contributed by atoms with E-state index < -0.39 is 0 Å². The monoisotopic (exact) mass is 919 g/mol. The van der Waals surface area contributed by atoms with E-state index in [4.69, 9.17) is 4.42 Å². The molecule has 0 amide bonds. The summed E-state index contributed by atoms with van der Waals surface area (Å²) in [5.74, 6) is 0. The van der Waals surface area contributed by atoms with E-state index in [9.17, 15) is 0 Å². The van der Waals surface area contributed by atoms with Gasteiger partial charge < -0.3 is 9.32 Å². The predicted molar refractivity (Wildman–Crippen MR) is 306 cm³/mol. The van der Waals surface area contributed by atoms with Crippen molar-refractivity contribution in [2.24, 2.45) is 0 Å². The molecule has 13 aromatic rings. The van der Waals surface area contributed by atoms with E-state index in [2.05, 4.69) is 267 Å². The summed E-state index contributed by atoms with van der Waals surface area (Å²) in [6.07, 6.45) is 3.22.